The SMILES string of the molecule is Cc1nsc(N(C)C(=O)C2=COCCO2)c1C(=O)O. The first-order valence-corrected chi connectivity index (χ1v) is 6.22. The molecule has 0 unspecified atom stereocenters. The summed E-state index contributed by atoms with van der Waals surface area (Å²) in [7, 11) is 1.47. The number of aromatic nitrogens is 1. The van der Waals surface area contributed by atoms with Crippen molar-refractivity contribution < 1.29 is 24.2 Å². The summed E-state index contributed by atoms with van der Waals surface area (Å²) < 4.78 is 14.1. The van der Waals surface area contributed by atoms with Crippen molar-refractivity contribution in [3.8, 4) is 0 Å². The van der Waals surface area contributed by atoms with Gasteiger partial charge in [0.25, 0.3) is 5.91 Å². The second-order valence-corrected chi connectivity index (χ2v) is 4.57. The Morgan fingerprint density at radius 3 is 2.79 bits per heavy atom. The first-order chi connectivity index (χ1) is 9.02. The number of ether oxygens (including phenoxy) is 2. The Kier molecular flexibility index (Phi) is 3.70. The van der Waals surface area contributed by atoms with Gasteiger partial charge in [0.15, 0.2) is 0 Å². The van der Waals surface area contributed by atoms with Crippen LogP contribution in [0.15, 0.2) is 12.0 Å². The zero-order chi connectivity index (χ0) is 14.0. The molecule has 1 aliphatic rings. The Morgan fingerprint density at radius 1 is 1.47 bits per heavy atom. The number of amides is 1. The molecule has 0 aliphatic carbocycles. The predicted molar refractivity (Wildman–Crippen MR) is 67.2 cm³/mol. The largest absolute Gasteiger partial charge is 0.494 e. The van der Waals surface area contributed by atoms with Crippen LogP contribution in [0, 0.1) is 6.92 Å². The Hall–Kier alpha value is -2.09. The molecule has 1 amide bonds. The van der Waals surface area contributed by atoms with Gasteiger partial charge < -0.3 is 14.6 Å². The van der Waals surface area contributed by atoms with Gasteiger partial charge in [-0.15, -0.1) is 0 Å². The summed E-state index contributed by atoms with van der Waals surface area (Å²) in [6.07, 6.45) is 1.23. The Morgan fingerprint density at radius 2 is 2.21 bits per heavy atom. The highest BCUT2D eigenvalue weighted by atomic mass is 32.1. The monoisotopic (exact) mass is 284 g/mol. The van der Waals surface area contributed by atoms with Crippen molar-refractivity contribution in [3.63, 3.8) is 0 Å². The predicted octanol–water partition coefficient (Wildman–Crippen LogP) is 1.00. The van der Waals surface area contributed by atoms with Crippen LogP contribution >= 0.6 is 11.5 Å². The molecule has 1 aromatic rings. The normalized spacial score (nSPS) is 14.1. The van der Waals surface area contributed by atoms with Gasteiger partial charge in [-0.05, 0) is 18.5 Å². The number of carbonyl (C=O) groups is 2. The molecule has 1 aromatic heterocycles. The Balaban J connectivity index is 2.29. The summed E-state index contributed by atoms with van der Waals surface area (Å²) in [5.41, 5.74) is 0.403. The highest BCUT2D eigenvalue weighted by molar-refractivity contribution is 7.11. The number of carboxylic acids is 1. The number of carboxylic acid groups (broad SMARTS) is 1. The van der Waals surface area contributed by atoms with Gasteiger partial charge in [-0.25, -0.2) is 4.79 Å². The van der Waals surface area contributed by atoms with Crippen molar-refractivity contribution >= 4 is 28.4 Å². The van der Waals surface area contributed by atoms with Crippen molar-refractivity contribution in [3.05, 3.63) is 23.3 Å². The van der Waals surface area contributed by atoms with Crippen LogP contribution in [-0.4, -0.2) is 41.6 Å². The number of likely N-dealkylation sites (N-methyl/N-ethyl adjacent to an activating group) is 1. The highest BCUT2D eigenvalue weighted by Gasteiger charge is 2.27. The molecular weight excluding hydrogens is 272 g/mol. The summed E-state index contributed by atoms with van der Waals surface area (Å²) >= 11 is 0.956. The molecule has 8 heteroatoms. The van der Waals surface area contributed by atoms with Crippen LogP contribution in [0.4, 0.5) is 5.00 Å². The molecule has 102 valence electrons. The fourth-order valence-electron chi connectivity index (χ4n) is 1.57. The van der Waals surface area contributed by atoms with E-state index in [4.69, 9.17) is 14.6 Å². The number of nitrogens with zero attached hydrogens (tertiary/aromatic N) is 2. The fourth-order valence-corrected chi connectivity index (χ4v) is 2.42. The Bertz CT molecular complexity index is 551. The zero-order valence-electron chi connectivity index (χ0n) is 10.4. The van der Waals surface area contributed by atoms with Gasteiger partial charge >= 0.3 is 5.97 Å². The lowest BCUT2D eigenvalue weighted by Crippen LogP contribution is -2.31. The molecule has 0 saturated carbocycles. The first-order valence-electron chi connectivity index (χ1n) is 5.44. The lowest BCUT2D eigenvalue weighted by molar-refractivity contribution is -0.119. The molecule has 2 rings (SSSR count). The minimum atomic E-state index is -1.12. The average Bonchev–Trinajstić information content (AvgIpc) is 2.80. The van der Waals surface area contributed by atoms with E-state index in [9.17, 15) is 9.59 Å². The molecule has 0 spiro atoms. The third-order valence-corrected chi connectivity index (χ3v) is 3.54. The molecule has 0 fully saturated rings. The van der Waals surface area contributed by atoms with Crippen LogP contribution in [0.1, 0.15) is 16.1 Å². The van der Waals surface area contributed by atoms with Crippen molar-refractivity contribution in [2.75, 3.05) is 25.2 Å². The molecule has 19 heavy (non-hydrogen) atoms. The number of aromatic carboxylic acids is 1. The number of rotatable bonds is 3. The molecule has 0 aromatic carbocycles. The van der Waals surface area contributed by atoms with Crippen molar-refractivity contribution in [1.29, 1.82) is 0 Å². The lowest BCUT2D eigenvalue weighted by atomic mass is 10.2. The zero-order valence-corrected chi connectivity index (χ0v) is 11.2. The third kappa shape index (κ3) is 2.53. The maximum Gasteiger partial charge on any atom is 0.340 e. The summed E-state index contributed by atoms with van der Waals surface area (Å²) in [5.74, 6) is -1.53. The maximum absolute atomic E-state index is 12.1. The summed E-state index contributed by atoms with van der Waals surface area (Å²) in [4.78, 5) is 24.5. The van der Waals surface area contributed by atoms with E-state index in [1.807, 2.05) is 0 Å². The van der Waals surface area contributed by atoms with E-state index in [-0.39, 0.29) is 16.3 Å². The van der Waals surface area contributed by atoms with Crippen LogP contribution in [0.25, 0.3) is 0 Å². The van der Waals surface area contributed by atoms with Gasteiger partial charge in [-0.2, -0.15) is 4.37 Å². The molecule has 0 bridgehead atoms. The maximum atomic E-state index is 12.1. The van der Waals surface area contributed by atoms with Crippen LogP contribution in [0.3, 0.4) is 0 Å². The van der Waals surface area contributed by atoms with Gasteiger partial charge in [-0.3, -0.25) is 9.69 Å². The van der Waals surface area contributed by atoms with E-state index >= 15 is 0 Å². The molecule has 0 atom stereocenters. The molecule has 0 saturated heterocycles. The number of hydrogen-bond acceptors (Lipinski definition) is 6. The Labute approximate surface area is 113 Å². The van der Waals surface area contributed by atoms with Gasteiger partial charge in [0.05, 0.1) is 5.69 Å². The van der Waals surface area contributed by atoms with Crippen LogP contribution in [0.5, 0.6) is 0 Å². The topological polar surface area (TPSA) is 89.0 Å². The molecule has 1 aliphatic heterocycles. The third-order valence-electron chi connectivity index (χ3n) is 2.53. The minimum Gasteiger partial charge on any atom is -0.494 e. The van der Waals surface area contributed by atoms with Crippen molar-refractivity contribution in [1.82, 2.24) is 4.37 Å². The first kappa shape index (κ1) is 13.3. The van der Waals surface area contributed by atoms with E-state index in [0.29, 0.717) is 18.9 Å². The van der Waals surface area contributed by atoms with E-state index in [2.05, 4.69) is 4.37 Å². The molecule has 0 radical (unpaired) electrons. The summed E-state index contributed by atoms with van der Waals surface area (Å²) in [6.45, 7) is 2.26. The van der Waals surface area contributed by atoms with Gasteiger partial charge in [0.2, 0.25) is 5.76 Å². The summed E-state index contributed by atoms with van der Waals surface area (Å²) in [5, 5.41) is 9.40. The summed E-state index contributed by atoms with van der Waals surface area (Å²) in [6, 6.07) is 0. The van der Waals surface area contributed by atoms with E-state index in [1.54, 1.807) is 6.92 Å². The minimum absolute atomic E-state index is 0.0261. The quantitative estimate of drug-likeness (QED) is 0.890. The molecule has 2 heterocycles. The van der Waals surface area contributed by atoms with E-state index in [1.165, 1.54) is 18.2 Å². The standard InChI is InChI=1S/C11H12N2O5S/c1-6-8(11(15)16)10(19-12-6)13(2)9(14)7-5-17-3-4-18-7/h5H,3-4H2,1-2H3,(H,15,16). The number of anilines is 1. The number of carbonyl (C=O) groups excluding carboxylic acids is 1. The molecular formula is C11H12N2O5S. The van der Waals surface area contributed by atoms with E-state index in [0.717, 1.165) is 11.5 Å². The smallest absolute Gasteiger partial charge is 0.340 e. The number of aryl methyl sites for hydroxylation is 1. The van der Waals surface area contributed by atoms with Crippen LogP contribution < -0.4 is 4.90 Å². The lowest BCUT2D eigenvalue weighted by Gasteiger charge is -2.20. The average molecular weight is 284 g/mol. The molecule has 1 N–H and O–H groups in total. The van der Waals surface area contributed by atoms with Gasteiger partial charge in [0.1, 0.15) is 30.0 Å². The van der Waals surface area contributed by atoms with Crippen LogP contribution in [0.2, 0.25) is 0 Å². The second-order valence-electron chi connectivity index (χ2n) is 3.82. The fraction of sp³-hybridized carbons (Fsp3) is 0.364. The van der Waals surface area contributed by atoms with Gasteiger partial charge in [0, 0.05) is 7.05 Å². The highest BCUT2D eigenvalue weighted by Crippen LogP contribution is 2.29. The van der Waals surface area contributed by atoms with Crippen molar-refractivity contribution in [2.45, 2.75) is 6.92 Å². The van der Waals surface area contributed by atoms with Crippen molar-refractivity contribution in [2.24, 2.45) is 0 Å². The van der Waals surface area contributed by atoms with Gasteiger partial charge in [-0.1, -0.05) is 0 Å². The molecule has 7 nitrogen and oxygen atoms in total. The second kappa shape index (κ2) is 5.27. The number of hydrogen-bond donors (Lipinski definition) is 1. The van der Waals surface area contributed by atoms with Crippen LogP contribution in [-0.2, 0) is 14.3 Å². The van der Waals surface area contributed by atoms with E-state index < -0.39 is 11.9 Å².